The molecule has 0 aromatic carbocycles. The van der Waals surface area contributed by atoms with E-state index in [0.29, 0.717) is 25.9 Å². The van der Waals surface area contributed by atoms with Crippen molar-refractivity contribution < 1.29 is 19.1 Å². The van der Waals surface area contributed by atoms with E-state index in [1.54, 1.807) is 0 Å². The van der Waals surface area contributed by atoms with Gasteiger partial charge >= 0.3 is 5.97 Å². The van der Waals surface area contributed by atoms with Crippen molar-refractivity contribution in [1.29, 1.82) is 0 Å². The molecule has 19 heavy (non-hydrogen) atoms. The molecule has 0 aromatic heterocycles. The number of hydrogen-bond donors (Lipinski definition) is 0. The summed E-state index contributed by atoms with van der Waals surface area (Å²) in [5.74, 6) is -0.220. The van der Waals surface area contributed by atoms with Crippen LogP contribution in [0.2, 0.25) is 0 Å². The van der Waals surface area contributed by atoms with E-state index in [-0.39, 0.29) is 23.9 Å². The second kappa shape index (κ2) is 6.83. The summed E-state index contributed by atoms with van der Waals surface area (Å²) in [5.41, 5.74) is -1.06. The zero-order valence-corrected chi connectivity index (χ0v) is 12.2. The molecule has 0 radical (unpaired) electrons. The molecule has 0 aromatic rings. The van der Waals surface area contributed by atoms with Crippen LogP contribution < -0.4 is 0 Å². The molecule has 0 unspecified atom stereocenters. The minimum atomic E-state index is -1.06. The largest absolute Gasteiger partial charge is 0.465 e. The van der Waals surface area contributed by atoms with E-state index in [1.165, 1.54) is 6.92 Å². The van der Waals surface area contributed by atoms with Gasteiger partial charge in [-0.1, -0.05) is 20.3 Å². The molecule has 108 valence electrons. The third-order valence-corrected chi connectivity index (χ3v) is 3.63. The Morgan fingerprint density at radius 3 is 2.53 bits per heavy atom. The van der Waals surface area contributed by atoms with Crippen LogP contribution in [0, 0.1) is 11.3 Å². The van der Waals surface area contributed by atoms with Crippen LogP contribution in [0.1, 0.15) is 59.3 Å². The zero-order chi connectivity index (χ0) is 14.5. The molecule has 0 amide bonds. The second-order valence-electron chi connectivity index (χ2n) is 5.91. The number of hydrogen-bond acceptors (Lipinski definition) is 4. The summed E-state index contributed by atoms with van der Waals surface area (Å²) in [6, 6.07) is 0. The highest BCUT2D eigenvalue weighted by Crippen LogP contribution is 2.39. The minimum absolute atomic E-state index is 0.00871. The van der Waals surface area contributed by atoms with Gasteiger partial charge in [-0.05, 0) is 32.1 Å². The summed E-state index contributed by atoms with van der Waals surface area (Å²) in [6.07, 6.45) is 3.20. The van der Waals surface area contributed by atoms with Crippen LogP contribution in [-0.2, 0) is 19.1 Å². The number of esters is 1. The van der Waals surface area contributed by atoms with Crippen LogP contribution >= 0.6 is 0 Å². The molecular formula is C15H24O4. The van der Waals surface area contributed by atoms with E-state index in [4.69, 9.17) is 4.74 Å². The molecule has 0 saturated heterocycles. The Morgan fingerprint density at radius 2 is 2.00 bits per heavy atom. The Labute approximate surface area is 114 Å². The van der Waals surface area contributed by atoms with Gasteiger partial charge < -0.3 is 9.53 Å². The summed E-state index contributed by atoms with van der Waals surface area (Å²) >= 11 is 0. The fourth-order valence-corrected chi connectivity index (χ4v) is 2.44. The van der Waals surface area contributed by atoms with E-state index in [0.717, 1.165) is 12.8 Å². The third-order valence-electron chi connectivity index (χ3n) is 3.63. The Morgan fingerprint density at radius 1 is 1.32 bits per heavy atom. The van der Waals surface area contributed by atoms with Crippen molar-refractivity contribution in [2.45, 2.75) is 59.3 Å². The van der Waals surface area contributed by atoms with Gasteiger partial charge in [-0.2, -0.15) is 0 Å². The molecule has 0 aliphatic heterocycles. The molecule has 1 saturated carbocycles. The fraction of sp³-hybridized carbons (Fsp3) is 0.800. The van der Waals surface area contributed by atoms with Crippen LogP contribution in [0.3, 0.4) is 0 Å². The van der Waals surface area contributed by atoms with Crippen molar-refractivity contribution in [3.05, 3.63) is 0 Å². The number of carbonyl (C=O) groups excluding carboxylic acids is 3. The van der Waals surface area contributed by atoms with Crippen molar-refractivity contribution in [1.82, 2.24) is 0 Å². The number of ether oxygens (including phenoxy) is 1. The highest BCUT2D eigenvalue weighted by atomic mass is 16.5. The Bertz CT molecular complexity index is 359. The van der Waals surface area contributed by atoms with Gasteiger partial charge in [0.05, 0.1) is 6.61 Å². The molecule has 4 heteroatoms. The van der Waals surface area contributed by atoms with Gasteiger partial charge in [0.1, 0.15) is 17.0 Å². The molecule has 0 spiro atoms. The monoisotopic (exact) mass is 268 g/mol. The van der Waals surface area contributed by atoms with Crippen LogP contribution in [-0.4, -0.2) is 24.1 Å². The van der Waals surface area contributed by atoms with Crippen LogP contribution in [0.4, 0.5) is 0 Å². The van der Waals surface area contributed by atoms with E-state index < -0.39 is 11.4 Å². The maximum absolute atomic E-state index is 12.3. The van der Waals surface area contributed by atoms with Gasteiger partial charge in [0.2, 0.25) is 0 Å². The lowest BCUT2D eigenvalue weighted by molar-refractivity contribution is -0.164. The maximum atomic E-state index is 12.3. The number of carbonyl (C=O) groups is 3. The highest BCUT2D eigenvalue weighted by molar-refractivity contribution is 6.04. The van der Waals surface area contributed by atoms with Crippen LogP contribution in [0.25, 0.3) is 0 Å². The first kappa shape index (κ1) is 15.9. The molecular weight excluding hydrogens is 244 g/mol. The SMILES string of the molecule is CC(=O)CC[C@]1(C(=O)OCC(C)C)CCCCC1=O. The molecule has 1 rings (SSSR count). The van der Waals surface area contributed by atoms with E-state index in [1.807, 2.05) is 13.8 Å². The van der Waals surface area contributed by atoms with E-state index in [9.17, 15) is 14.4 Å². The smallest absolute Gasteiger partial charge is 0.319 e. The summed E-state index contributed by atoms with van der Waals surface area (Å²) in [6.45, 7) is 5.73. The highest BCUT2D eigenvalue weighted by Gasteiger charge is 2.47. The molecule has 1 aliphatic rings. The van der Waals surface area contributed by atoms with Gasteiger partial charge in [0.15, 0.2) is 0 Å². The first-order valence-electron chi connectivity index (χ1n) is 7.08. The van der Waals surface area contributed by atoms with Gasteiger partial charge in [0, 0.05) is 12.8 Å². The van der Waals surface area contributed by atoms with Gasteiger partial charge in [-0.3, -0.25) is 9.59 Å². The number of ketones is 2. The minimum Gasteiger partial charge on any atom is -0.465 e. The molecule has 4 nitrogen and oxygen atoms in total. The first-order valence-corrected chi connectivity index (χ1v) is 7.08. The summed E-state index contributed by atoms with van der Waals surface area (Å²) in [4.78, 5) is 35.7. The summed E-state index contributed by atoms with van der Waals surface area (Å²) in [5, 5.41) is 0. The average molecular weight is 268 g/mol. The summed E-state index contributed by atoms with van der Waals surface area (Å²) < 4.78 is 5.28. The van der Waals surface area contributed by atoms with Crippen molar-refractivity contribution in [3.8, 4) is 0 Å². The predicted octanol–water partition coefficient (Wildman–Crippen LogP) is 2.68. The van der Waals surface area contributed by atoms with Gasteiger partial charge in [-0.25, -0.2) is 0 Å². The molecule has 0 bridgehead atoms. The standard InChI is InChI=1S/C15H24O4/c1-11(2)10-19-14(18)15(9-7-12(3)16)8-5-4-6-13(15)17/h11H,4-10H2,1-3H3/t15-/m1/s1. The fourth-order valence-electron chi connectivity index (χ4n) is 2.44. The molecule has 1 fully saturated rings. The Hall–Kier alpha value is -1.19. The normalized spacial score (nSPS) is 23.5. The van der Waals surface area contributed by atoms with Gasteiger partial charge in [-0.15, -0.1) is 0 Å². The number of Topliss-reactive ketones (excluding diaryl/α,β-unsaturated/α-hetero) is 2. The lowest BCUT2D eigenvalue weighted by Crippen LogP contribution is -2.43. The predicted molar refractivity (Wildman–Crippen MR) is 71.6 cm³/mol. The Balaban J connectivity index is 2.81. The topological polar surface area (TPSA) is 60.4 Å². The molecule has 1 atom stereocenters. The maximum Gasteiger partial charge on any atom is 0.319 e. The number of rotatable bonds is 6. The van der Waals surface area contributed by atoms with E-state index >= 15 is 0 Å². The lowest BCUT2D eigenvalue weighted by atomic mass is 9.70. The third kappa shape index (κ3) is 4.15. The Kier molecular flexibility index (Phi) is 5.70. The van der Waals surface area contributed by atoms with Crippen molar-refractivity contribution in [2.75, 3.05) is 6.61 Å². The molecule has 0 N–H and O–H groups in total. The second-order valence-corrected chi connectivity index (χ2v) is 5.91. The molecule has 1 aliphatic carbocycles. The van der Waals surface area contributed by atoms with Crippen molar-refractivity contribution >= 4 is 17.5 Å². The first-order chi connectivity index (χ1) is 8.88. The lowest BCUT2D eigenvalue weighted by Gasteiger charge is -2.33. The van der Waals surface area contributed by atoms with Crippen molar-refractivity contribution in [2.24, 2.45) is 11.3 Å². The van der Waals surface area contributed by atoms with Crippen LogP contribution in [0.15, 0.2) is 0 Å². The van der Waals surface area contributed by atoms with Crippen molar-refractivity contribution in [3.63, 3.8) is 0 Å². The van der Waals surface area contributed by atoms with E-state index in [2.05, 4.69) is 0 Å². The quantitative estimate of drug-likeness (QED) is 0.549. The van der Waals surface area contributed by atoms with Crippen LogP contribution in [0.5, 0.6) is 0 Å². The van der Waals surface area contributed by atoms with Gasteiger partial charge in [0.25, 0.3) is 0 Å². The molecule has 0 heterocycles. The summed E-state index contributed by atoms with van der Waals surface area (Å²) in [7, 11) is 0. The average Bonchev–Trinajstić information content (AvgIpc) is 2.35. The zero-order valence-electron chi connectivity index (χ0n) is 12.2.